The highest BCUT2D eigenvalue weighted by Gasteiger charge is 2.36. The molecule has 0 unspecified atom stereocenters. The topological polar surface area (TPSA) is 70.6 Å². The quantitative estimate of drug-likeness (QED) is 0.682. The molecule has 0 atom stereocenters. The summed E-state index contributed by atoms with van der Waals surface area (Å²) in [6.07, 6.45) is 3.39. The van der Waals surface area contributed by atoms with Gasteiger partial charge in [-0.2, -0.15) is 0 Å². The Balaban J connectivity index is 2.13. The average molecular weight is 300 g/mol. The van der Waals surface area contributed by atoms with Gasteiger partial charge >= 0.3 is 6.09 Å². The predicted molar refractivity (Wildman–Crippen MR) is 84.3 cm³/mol. The van der Waals surface area contributed by atoms with Gasteiger partial charge in [0.1, 0.15) is 5.60 Å². The maximum Gasteiger partial charge on any atom is 0.407 e. The molecule has 5 nitrogen and oxygen atoms in total. The Labute approximate surface area is 128 Å². The van der Waals surface area contributed by atoms with Crippen LogP contribution in [0.3, 0.4) is 0 Å². The zero-order chi connectivity index (χ0) is 16.1. The van der Waals surface area contributed by atoms with Crippen molar-refractivity contribution in [2.45, 2.75) is 71.5 Å². The fourth-order valence-electron chi connectivity index (χ4n) is 2.46. The van der Waals surface area contributed by atoms with E-state index in [4.69, 9.17) is 4.74 Å². The van der Waals surface area contributed by atoms with Gasteiger partial charge in [0.15, 0.2) is 0 Å². The zero-order valence-corrected chi connectivity index (χ0v) is 14.2. The Morgan fingerprint density at radius 3 is 2.24 bits per heavy atom. The average Bonchev–Trinajstić information content (AvgIpc) is 2.31. The first-order chi connectivity index (χ1) is 9.52. The molecule has 0 bridgehead atoms. The molecule has 0 heterocycles. The number of hydrogen-bond donors (Lipinski definition) is 3. The Hall–Kier alpha value is -0.810. The summed E-state index contributed by atoms with van der Waals surface area (Å²) >= 11 is 0. The van der Waals surface area contributed by atoms with E-state index < -0.39 is 17.3 Å². The summed E-state index contributed by atoms with van der Waals surface area (Å²) < 4.78 is 5.15. The minimum absolute atomic E-state index is 0.352. The van der Waals surface area contributed by atoms with Crippen molar-refractivity contribution in [3.63, 3.8) is 0 Å². The highest BCUT2D eigenvalue weighted by Crippen LogP contribution is 2.39. The predicted octanol–water partition coefficient (Wildman–Crippen LogP) is 2.43. The molecule has 124 valence electrons. The van der Waals surface area contributed by atoms with Gasteiger partial charge < -0.3 is 20.5 Å². The molecule has 0 aromatic carbocycles. The monoisotopic (exact) mass is 300 g/mol. The molecule has 21 heavy (non-hydrogen) atoms. The molecule has 1 saturated carbocycles. The van der Waals surface area contributed by atoms with Gasteiger partial charge in [-0.1, -0.05) is 13.8 Å². The summed E-state index contributed by atoms with van der Waals surface area (Å²) in [6, 6.07) is 0. The molecule has 0 aromatic heterocycles. The van der Waals surface area contributed by atoms with Crippen LogP contribution in [0.1, 0.15) is 60.3 Å². The van der Waals surface area contributed by atoms with Crippen LogP contribution in [0.4, 0.5) is 4.79 Å². The van der Waals surface area contributed by atoms with Crippen molar-refractivity contribution in [2.75, 3.05) is 19.6 Å². The van der Waals surface area contributed by atoms with Crippen molar-refractivity contribution in [1.29, 1.82) is 0 Å². The molecule has 0 aromatic rings. The van der Waals surface area contributed by atoms with Crippen LogP contribution in [0, 0.1) is 5.41 Å². The second-order valence-electron chi connectivity index (χ2n) is 7.99. The van der Waals surface area contributed by atoms with Crippen LogP contribution < -0.4 is 10.6 Å². The van der Waals surface area contributed by atoms with Crippen LogP contribution in [-0.2, 0) is 4.74 Å². The van der Waals surface area contributed by atoms with E-state index in [1.807, 2.05) is 20.8 Å². The maximum absolute atomic E-state index is 11.4. The third kappa shape index (κ3) is 7.67. The van der Waals surface area contributed by atoms with Gasteiger partial charge in [0.2, 0.25) is 0 Å². The first kappa shape index (κ1) is 18.2. The summed E-state index contributed by atoms with van der Waals surface area (Å²) in [5.41, 5.74) is -0.715. The van der Waals surface area contributed by atoms with Crippen LogP contribution >= 0.6 is 0 Å². The molecule has 1 aliphatic carbocycles. The smallest absolute Gasteiger partial charge is 0.407 e. The van der Waals surface area contributed by atoms with Crippen molar-refractivity contribution in [1.82, 2.24) is 10.6 Å². The van der Waals surface area contributed by atoms with Crippen LogP contribution in [0.15, 0.2) is 0 Å². The first-order valence-electron chi connectivity index (χ1n) is 7.91. The third-order valence-electron chi connectivity index (χ3n) is 3.96. The fraction of sp³-hybridized carbons (Fsp3) is 0.938. The van der Waals surface area contributed by atoms with Gasteiger partial charge in [-0.25, -0.2) is 4.79 Å². The summed E-state index contributed by atoms with van der Waals surface area (Å²) in [7, 11) is 0. The van der Waals surface area contributed by atoms with E-state index >= 15 is 0 Å². The molecular formula is C16H32N2O3. The SMILES string of the molecule is CC1(C)CCC(O)(CNCCNC(=O)OC(C)(C)C)CC1. The second kappa shape index (κ2) is 6.97. The standard InChI is InChI=1S/C16H32N2O3/c1-14(2,3)21-13(19)18-11-10-17-12-16(20)8-6-15(4,5)7-9-16/h17,20H,6-12H2,1-5H3,(H,18,19). The number of amides is 1. The van der Waals surface area contributed by atoms with E-state index in [1.54, 1.807) is 0 Å². The lowest BCUT2D eigenvalue weighted by molar-refractivity contribution is -0.0240. The molecule has 1 amide bonds. The molecule has 1 aliphatic rings. The molecule has 1 fully saturated rings. The van der Waals surface area contributed by atoms with Gasteiger partial charge in [-0.3, -0.25) is 0 Å². The number of ether oxygens (including phenoxy) is 1. The number of alkyl carbamates (subject to hydrolysis) is 1. The summed E-state index contributed by atoms with van der Waals surface area (Å²) in [6.45, 7) is 11.7. The highest BCUT2D eigenvalue weighted by molar-refractivity contribution is 5.67. The molecule has 1 rings (SSSR count). The molecule has 3 N–H and O–H groups in total. The van der Waals surface area contributed by atoms with Crippen molar-refractivity contribution in [2.24, 2.45) is 5.41 Å². The van der Waals surface area contributed by atoms with Crippen LogP contribution in [-0.4, -0.2) is 42.0 Å². The summed E-state index contributed by atoms with van der Waals surface area (Å²) in [5.74, 6) is 0. The van der Waals surface area contributed by atoms with E-state index in [2.05, 4.69) is 24.5 Å². The van der Waals surface area contributed by atoms with Crippen molar-refractivity contribution in [3.8, 4) is 0 Å². The summed E-state index contributed by atoms with van der Waals surface area (Å²) in [5, 5.41) is 16.4. The van der Waals surface area contributed by atoms with Crippen molar-refractivity contribution < 1.29 is 14.6 Å². The molecule has 5 heteroatoms. The van der Waals surface area contributed by atoms with E-state index in [1.165, 1.54) is 0 Å². The zero-order valence-electron chi connectivity index (χ0n) is 14.2. The second-order valence-corrected chi connectivity index (χ2v) is 7.99. The maximum atomic E-state index is 11.4. The normalized spacial score (nSPS) is 20.9. The lowest BCUT2D eigenvalue weighted by Gasteiger charge is -2.40. The Kier molecular flexibility index (Phi) is 6.05. The molecular weight excluding hydrogens is 268 g/mol. The van der Waals surface area contributed by atoms with Crippen LogP contribution in [0.25, 0.3) is 0 Å². The number of aliphatic hydroxyl groups is 1. The van der Waals surface area contributed by atoms with E-state index in [0.29, 0.717) is 25.0 Å². The Morgan fingerprint density at radius 2 is 1.71 bits per heavy atom. The van der Waals surface area contributed by atoms with E-state index in [-0.39, 0.29) is 0 Å². The number of nitrogens with one attached hydrogen (secondary N) is 2. The minimum atomic E-state index is -0.596. The number of carbonyl (C=O) groups is 1. The van der Waals surface area contributed by atoms with Gasteiger partial charge in [0, 0.05) is 19.6 Å². The minimum Gasteiger partial charge on any atom is -0.444 e. The highest BCUT2D eigenvalue weighted by atomic mass is 16.6. The van der Waals surface area contributed by atoms with Crippen molar-refractivity contribution in [3.05, 3.63) is 0 Å². The van der Waals surface area contributed by atoms with Gasteiger partial charge in [0.05, 0.1) is 5.60 Å². The van der Waals surface area contributed by atoms with E-state index in [9.17, 15) is 9.90 Å². The van der Waals surface area contributed by atoms with Crippen LogP contribution in [0.2, 0.25) is 0 Å². The molecule has 0 saturated heterocycles. The molecule has 0 radical (unpaired) electrons. The first-order valence-corrected chi connectivity index (χ1v) is 7.91. The fourth-order valence-corrected chi connectivity index (χ4v) is 2.46. The number of hydrogen-bond acceptors (Lipinski definition) is 4. The molecule has 0 spiro atoms. The Bertz CT molecular complexity index is 338. The lowest BCUT2D eigenvalue weighted by atomic mass is 9.71. The van der Waals surface area contributed by atoms with Crippen LogP contribution in [0.5, 0.6) is 0 Å². The summed E-state index contributed by atoms with van der Waals surface area (Å²) in [4.78, 5) is 11.4. The van der Waals surface area contributed by atoms with Crippen molar-refractivity contribution >= 4 is 6.09 Å². The molecule has 0 aliphatic heterocycles. The lowest BCUT2D eigenvalue weighted by Crippen LogP contribution is -2.46. The largest absolute Gasteiger partial charge is 0.444 e. The van der Waals surface area contributed by atoms with Gasteiger partial charge in [-0.05, 0) is 51.9 Å². The van der Waals surface area contributed by atoms with E-state index in [0.717, 1.165) is 25.7 Å². The number of rotatable bonds is 5. The third-order valence-corrected chi connectivity index (χ3v) is 3.96. The van der Waals surface area contributed by atoms with Gasteiger partial charge in [0.25, 0.3) is 0 Å². The Morgan fingerprint density at radius 1 is 1.14 bits per heavy atom. The van der Waals surface area contributed by atoms with Gasteiger partial charge in [-0.15, -0.1) is 0 Å². The number of carbonyl (C=O) groups excluding carboxylic acids is 1.